The van der Waals surface area contributed by atoms with Crippen molar-refractivity contribution in [3.05, 3.63) is 70.8 Å². The fraction of sp³-hybridized carbons (Fsp3) is 0.294. The first-order chi connectivity index (χ1) is 9.16. The molecule has 2 rings (SSSR count). The Balaban J connectivity index is 1.86. The Morgan fingerprint density at radius 3 is 2.37 bits per heavy atom. The highest BCUT2D eigenvalue weighted by atomic mass is 32.2. The van der Waals surface area contributed by atoms with Crippen LogP contribution in [0.15, 0.2) is 48.5 Å². The summed E-state index contributed by atoms with van der Waals surface area (Å²) in [6.07, 6.45) is 0. The van der Waals surface area contributed by atoms with Crippen molar-refractivity contribution in [2.75, 3.05) is 5.75 Å². The number of aryl methyl sites for hydroxylation is 2. The smallest absolute Gasteiger partial charge is 0.0386 e. The minimum absolute atomic E-state index is 0.120. The van der Waals surface area contributed by atoms with Crippen LogP contribution >= 0.6 is 11.8 Å². The van der Waals surface area contributed by atoms with Gasteiger partial charge in [0.2, 0.25) is 0 Å². The van der Waals surface area contributed by atoms with Crippen LogP contribution in [-0.2, 0) is 5.75 Å². The second-order valence-electron chi connectivity index (χ2n) is 4.96. The van der Waals surface area contributed by atoms with E-state index in [4.69, 9.17) is 5.73 Å². The van der Waals surface area contributed by atoms with Gasteiger partial charge < -0.3 is 5.73 Å². The van der Waals surface area contributed by atoms with Crippen molar-refractivity contribution < 1.29 is 0 Å². The summed E-state index contributed by atoms with van der Waals surface area (Å²) in [5, 5.41) is 0. The van der Waals surface area contributed by atoms with Gasteiger partial charge in [-0.15, -0.1) is 0 Å². The van der Waals surface area contributed by atoms with E-state index in [1.807, 2.05) is 11.8 Å². The highest BCUT2D eigenvalue weighted by Gasteiger charge is 2.06. The van der Waals surface area contributed by atoms with Crippen molar-refractivity contribution in [2.45, 2.75) is 25.6 Å². The Morgan fingerprint density at radius 1 is 1.00 bits per heavy atom. The van der Waals surface area contributed by atoms with E-state index < -0.39 is 0 Å². The van der Waals surface area contributed by atoms with Crippen LogP contribution < -0.4 is 5.73 Å². The van der Waals surface area contributed by atoms with Crippen LogP contribution in [0.5, 0.6) is 0 Å². The average Bonchev–Trinajstić information content (AvgIpc) is 2.41. The molecule has 0 fully saturated rings. The molecule has 2 heteroatoms. The van der Waals surface area contributed by atoms with Gasteiger partial charge in [-0.25, -0.2) is 0 Å². The topological polar surface area (TPSA) is 26.0 Å². The zero-order chi connectivity index (χ0) is 13.7. The maximum absolute atomic E-state index is 6.23. The molecule has 0 radical (unpaired) electrons. The first-order valence-corrected chi connectivity index (χ1v) is 7.76. The molecule has 2 N–H and O–H groups in total. The van der Waals surface area contributed by atoms with E-state index in [1.54, 1.807) is 0 Å². The van der Waals surface area contributed by atoms with Gasteiger partial charge in [0.25, 0.3) is 0 Å². The molecule has 0 aliphatic heterocycles. The highest BCUT2D eigenvalue weighted by Crippen LogP contribution is 2.21. The fourth-order valence-corrected chi connectivity index (χ4v) is 3.09. The average molecular weight is 271 g/mol. The van der Waals surface area contributed by atoms with Crippen LogP contribution in [0, 0.1) is 13.8 Å². The van der Waals surface area contributed by atoms with E-state index in [1.165, 1.54) is 22.3 Å². The van der Waals surface area contributed by atoms with E-state index >= 15 is 0 Å². The Bertz CT molecular complexity index is 519. The molecule has 1 unspecified atom stereocenters. The molecule has 0 saturated heterocycles. The first-order valence-electron chi connectivity index (χ1n) is 6.61. The predicted molar refractivity (Wildman–Crippen MR) is 85.4 cm³/mol. The molecule has 0 bridgehead atoms. The second-order valence-corrected chi connectivity index (χ2v) is 5.99. The van der Waals surface area contributed by atoms with Crippen molar-refractivity contribution in [1.29, 1.82) is 0 Å². The van der Waals surface area contributed by atoms with Gasteiger partial charge >= 0.3 is 0 Å². The van der Waals surface area contributed by atoms with Crippen molar-refractivity contribution >= 4 is 11.8 Å². The second kappa shape index (κ2) is 6.78. The van der Waals surface area contributed by atoms with E-state index in [0.29, 0.717) is 0 Å². The zero-order valence-electron chi connectivity index (χ0n) is 11.6. The molecule has 0 saturated carbocycles. The van der Waals surface area contributed by atoms with Crippen LogP contribution in [0.3, 0.4) is 0 Å². The van der Waals surface area contributed by atoms with Gasteiger partial charge in [-0.1, -0.05) is 54.1 Å². The summed E-state index contributed by atoms with van der Waals surface area (Å²) < 4.78 is 0. The molecule has 100 valence electrons. The zero-order valence-corrected chi connectivity index (χ0v) is 12.4. The van der Waals surface area contributed by atoms with Crippen molar-refractivity contribution in [3.63, 3.8) is 0 Å². The lowest BCUT2D eigenvalue weighted by molar-refractivity contribution is 0.830. The van der Waals surface area contributed by atoms with Gasteiger partial charge in [-0.05, 0) is 30.5 Å². The van der Waals surface area contributed by atoms with Crippen molar-refractivity contribution in [3.8, 4) is 0 Å². The third-order valence-corrected chi connectivity index (χ3v) is 4.43. The fourth-order valence-electron chi connectivity index (χ4n) is 1.98. The van der Waals surface area contributed by atoms with Crippen LogP contribution in [0.25, 0.3) is 0 Å². The number of nitrogens with two attached hydrogens (primary N) is 1. The standard InChI is InChI=1S/C17H21NS/c1-13-7-9-15(10-8-13)17(18)12-19-11-16-6-4-3-5-14(16)2/h3-10,17H,11-12,18H2,1-2H3. The molecule has 0 amide bonds. The molecule has 0 spiro atoms. The molecule has 1 nitrogen and oxygen atoms in total. The monoisotopic (exact) mass is 271 g/mol. The number of benzene rings is 2. The number of rotatable bonds is 5. The lowest BCUT2D eigenvalue weighted by Crippen LogP contribution is -2.13. The van der Waals surface area contributed by atoms with Crippen LogP contribution in [0.2, 0.25) is 0 Å². The summed E-state index contributed by atoms with van der Waals surface area (Å²) in [6.45, 7) is 4.26. The summed E-state index contributed by atoms with van der Waals surface area (Å²) in [5.41, 5.74) is 11.5. The van der Waals surface area contributed by atoms with Crippen molar-refractivity contribution in [2.24, 2.45) is 5.73 Å². The SMILES string of the molecule is Cc1ccc(C(N)CSCc2ccccc2C)cc1. The molecule has 2 aromatic carbocycles. The predicted octanol–water partition coefficient (Wildman–Crippen LogP) is 4.24. The Hall–Kier alpha value is -1.25. The molecule has 19 heavy (non-hydrogen) atoms. The van der Waals surface area contributed by atoms with Gasteiger partial charge in [0.05, 0.1) is 0 Å². The third-order valence-electron chi connectivity index (χ3n) is 3.32. The van der Waals surface area contributed by atoms with Crippen molar-refractivity contribution in [1.82, 2.24) is 0 Å². The van der Waals surface area contributed by atoms with E-state index in [0.717, 1.165) is 11.5 Å². The minimum Gasteiger partial charge on any atom is -0.323 e. The van der Waals surface area contributed by atoms with E-state index in [2.05, 4.69) is 62.4 Å². The Kier molecular flexibility index (Phi) is 5.06. The van der Waals surface area contributed by atoms with Crippen LogP contribution in [-0.4, -0.2) is 5.75 Å². The van der Waals surface area contributed by atoms with Gasteiger partial charge in [0.15, 0.2) is 0 Å². The van der Waals surface area contributed by atoms with Gasteiger partial charge in [0, 0.05) is 17.5 Å². The molecular formula is C17H21NS. The summed E-state index contributed by atoms with van der Waals surface area (Å²) >= 11 is 1.90. The highest BCUT2D eigenvalue weighted by molar-refractivity contribution is 7.98. The van der Waals surface area contributed by atoms with E-state index in [9.17, 15) is 0 Å². The lowest BCUT2D eigenvalue weighted by Gasteiger charge is -2.12. The minimum atomic E-state index is 0.120. The van der Waals surface area contributed by atoms with Gasteiger partial charge in [-0.3, -0.25) is 0 Å². The summed E-state index contributed by atoms with van der Waals surface area (Å²) in [6, 6.07) is 17.2. The largest absolute Gasteiger partial charge is 0.323 e. The number of thioether (sulfide) groups is 1. The molecule has 0 aromatic heterocycles. The van der Waals surface area contributed by atoms with Crippen LogP contribution in [0.1, 0.15) is 28.3 Å². The van der Waals surface area contributed by atoms with Gasteiger partial charge in [-0.2, -0.15) is 11.8 Å². The maximum atomic E-state index is 6.23. The molecule has 2 aromatic rings. The Morgan fingerprint density at radius 2 is 1.68 bits per heavy atom. The molecule has 0 heterocycles. The maximum Gasteiger partial charge on any atom is 0.0386 e. The third kappa shape index (κ3) is 4.12. The molecular weight excluding hydrogens is 250 g/mol. The number of hydrogen-bond donors (Lipinski definition) is 1. The summed E-state index contributed by atoms with van der Waals surface area (Å²) in [5.74, 6) is 1.99. The summed E-state index contributed by atoms with van der Waals surface area (Å²) in [4.78, 5) is 0. The summed E-state index contributed by atoms with van der Waals surface area (Å²) in [7, 11) is 0. The number of hydrogen-bond acceptors (Lipinski definition) is 2. The van der Waals surface area contributed by atoms with Crippen LogP contribution in [0.4, 0.5) is 0 Å². The quantitative estimate of drug-likeness (QED) is 0.880. The lowest BCUT2D eigenvalue weighted by atomic mass is 10.1. The first kappa shape index (κ1) is 14.2. The molecule has 1 atom stereocenters. The van der Waals surface area contributed by atoms with E-state index in [-0.39, 0.29) is 6.04 Å². The molecule has 0 aliphatic carbocycles. The Labute approximate surface area is 120 Å². The molecule has 0 aliphatic rings. The van der Waals surface area contributed by atoms with Gasteiger partial charge in [0.1, 0.15) is 0 Å². The normalized spacial score (nSPS) is 12.4.